The Bertz CT molecular complexity index is 1040. The van der Waals surface area contributed by atoms with Crippen LogP contribution < -0.4 is 9.54 Å². The standard InChI is InChI=1S/C21H21FN2O2S/c1-3-5-12-26-17-8-6-7-15(13-17)20(25)23-21-24(11-4-2)18-10-9-16(22)14-19(18)27-21/h4,6-10,13-14H,2-3,5,11-12H2,1H3. The van der Waals surface area contributed by atoms with Crippen molar-refractivity contribution < 1.29 is 13.9 Å². The van der Waals surface area contributed by atoms with Crippen LogP contribution in [0.2, 0.25) is 0 Å². The number of allylic oxidation sites excluding steroid dienone is 1. The van der Waals surface area contributed by atoms with Gasteiger partial charge >= 0.3 is 0 Å². The maximum Gasteiger partial charge on any atom is 0.279 e. The smallest absolute Gasteiger partial charge is 0.279 e. The van der Waals surface area contributed by atoms with Crippen molar-refractivity contribution in [2.45, 2.75) is 26.3 Å². The molecule has 0 fully saturated rings. The Labute approximate surface area is 161 Å². The van der Waals surface area contributed by atoms with Gasteiger partial charge in [0.05, 0.1) is 16.8 Å². The van der Waals surface area contributed by atoms with E-state index in [2.05, 4.69) is 18.5 Å². The molecule has 0 atom stereocenters. The molecule has 0 aliphatic rings. The van der Waals surface area contributed by atoms with Crippen LogP contribution in [0.4, 0.5) is 4.39 Å². The second-order valence-electron chi connectivity index (χ2n) is 6.04. The first-order valence-electron chi connectivity index (χ1n) is 8.84. The fraction of sp³-hybridized carbons (Fsp3) is 0.238. The Morgan fingerprint density at radius 3 is 2.96 bits per heavy atom. The van der Waals surface area contributed by atoms with Gasteiger partial charge in [-0.3, -0.25) is 4.79 Å². The summed E-state index contributed by atoms with van der Waals surface area (Å²) in [5.74, 6) is -0.0213. The Morgan fingerprint density at radius 1 is 1.33 bits per heavy atom. The van der Waals surface area contributed by atoms with Gasteiger partial charge < -0.3 is 9.30 Å². The molecule has 0 unspecified atom stereocenters. The Hall–Kier alpha value is -2.73. The topological polar surface area (TPSA) is 43.6 Å². The van der Waals surface area contributed by atoms with Crippen LogP contribution in [0.5, 0.6) is 5.75 Å². The van der Waals surface area contributed by atoms with Gasteiger partial charge in [0.1, 0.15) is 11.6 Å². The van der Waals surface area contributed by atoms with Gasteiger partial charge in [0.25, 0.3) is 5.91 Å². The highest BCUT2D eigenvalue weighted by molar-refractivity contribution is 7.16. The van der Waals surface area contributed by atoms with Gasteiger partial charge in [0, 0.05) is 12.1 Å². The van der Waals surface area contributed by atoms with Crippen molar-refractivity contribution >= 4 is 27.5 Å². The average Bonchev–Trinajstić information content (AvgIpc) is 2.99. The van der Waals surface area contributed by atoms with Crippen LogP contribution in [0.1, 0.15) is 30.1 Å². The van der Waals surface area contributed by atoms with Crippen LogP contribution in [0, 0.1) is 5.82 Å². The van der Waals surface area contributed by atoms with Crippen molar-refractivity contribution in [2.75, 3.05) is 6.61 Å². The van der Waals surface area contributed by atoms with Gasteiger partial charge in [-0.1, -0.05) is 36.8 Å². The zero-order valence-corrected chi connectivity index (χ0v) is 16.0. The van der Waals surface area contributed by atoms with E-state index in [1.807, 2.05) is 10.6 Å². The van der Waals surface area contributed by atoms with Crippen molar-refractivity contribution in [1.29, 1.82) is 0 Å². The Morgan fingerprint density at radius 2 is 2.19 bits per heavy atom. The maximum absolute atomic E-state index is 13.5. The van der Waals surface area contributed by atoms with Crippen LogP contribution >= 0.6 is 11.3 Å². The van der Waals surface area contributed by atoms with Gasteiger partial charge in [-0.25, -0.2) is 4.39 Å². The average molecular weight is 384 g/mol. The molecule has 0 aliphatic heterocycles. The minimum absolute atomic E-state index is 0.315. The van der Waals surface area contributed by atoms with E-state index in [1.165, 1.54) is 23.5 Å². The fourth-order valence-corrected chi connectivity index (χ4v) is 3.71. The zero-order chi connectivity index (χ0) is 19.2. The summed E-state index contributed by atoms with van der Waals surface area (Å²) < 4.78 is 21.8. The number of halogens is 1. The van der Waals surface area contributed by atoms with Crippen LogP contribution in [0.15, 0.2) is 60.1 Å². The molecule has 2 aromatic carbocycles. The minimum atomic E-state index is -0.360. The maximum atomic E-state index is 13.5. The number of nitrogens with zero attached hydrogens (tertiary/aromatic N) is 2. The molecule has 1 aromatic heterocycles. The van der Waals surface area contributed by atoms with Crippen LogP contribution in [0.3, 0.4) is 0 Å². The first kappa shape index (κ1) is 19.0. The van der Waals surface area contributed by atoms with E-state index in [9.17, 15) is 9.18 Å². The number of ether oxygens (including phenoxy) is 1. The van der Waals surface area contributed by atoms with Crippen LogP contribution in [-0.4, -0.2) is 17.1 Å². The molecule has 0 aliphatic carbocycles. The van der Waals surface area contributed by atoms with Crippen molar-refractivity contribution in [2.24, 2.45) is 4.99 Å². The lowest BCUT2D eigenvalue weighted by Crippen LogP contribution is -2.16. The molecule has 0 radical (unpaired) electrons. The molecule has 6 heteroatoms. The first-order chi connectivity index (χ1) is 13.1. The number of unbranched alkanes of at least 4 members (excludes halogenated alkanes) is 1. The molecule has 0 N–H and O–H groups in total. The number of thiazole rings is 1. The summed E-state index contributed by atoms with van der Waals surface area (Å²) in [6.07, 6.45) is 3.73. The molecule has 1 amide bonds. The second-order valence-corrected chi connectivity index (χ2v) is 7.05. The molecule has 3 aromatic rings. The third kappa shape index (κ3) is 4.52. The molecule has 0 saturated heterocycles. The highest BCUT2D eigenvalue weighted by Crippen LogP contribution is 2.19. The molecule has 1 heterocycles. The van der Waals surface area contributed by atoms with E-state index in [0.29, 0.717) is 29.3 Å². The van der Waals surface area contributed by atoms with E-state index in [4.69, 9.17) is 4.74 Å². The van der Waals surface area contributed by atoms with Crippen LogP contribution in [0.25, 0.3) is 10.2 Å². The van der Waals surface area contributed by atoms with Gasteiger partial charge in [-0.05, 0) is 42.8 Å². The largest absolute Gasteiger partial charge is 0.494 e. The SMILES string of the molecule is C=CCn1c(=NC(=O)c2cccc(OCCCC)c2)sc2cc(F)ccc21. The van der Waals surface area contributed by atoms with Crippen molar-refractivity contribution in [3.05, 3.63) is 71.3 Å². The number of rotatable bonds is 7. The molecule has 0 spiro atoms. The van der Waals surface area contributed by atoms with Crippen molar-refractivity contribution in [3.8, 4) is 5.75 Å². The first-order valence-corrected chi connectivity index (χ1v) is 9.65. The fourth-order valence-electron chi connectivity index (χ4n) is 2.64. The van der Waals surface area contributed by atoms with E-state index in [-0.39, 0.29) is 11.7 Å². The number of fused-ring (bicyclic) bond motifs is 1. The number of hydrogen-bond donors (Lipinski definition) is 0. The lowest BCUT2D eigenvalue weighted by molar-refractivity contribution is 0.0997. The molecule has 3 rings (SSSR count). The Balaban J connectivity index is 1.96. The van der Waals surface area contributed by atoms with Gasteiger partial charge in [-0.15, -0.1) is 6.58 Å². The summed E-state index contributed by atoms with van der Waals surface area (Å²) in [5, 5.41) is 0. The third-order valence-electron chi connectivity index (χ3n) is 4.00. The van der Waals surface area contributed by atoms with E-state index >= 15 is 0 Å². The summed E-state index contributed by atoms with van der Waals surface area (Å²) in [4.78, 5) is 17.4. The summed E-state index contributed by atoms with van der Waals surface area (Å²) in [6, 6.07) is 11.6. The van der Waals surface area contributed by atoms with Crippen molar-refractivity contribution in [3.63, 3.8) is 0 Å². The molecule has 140 valence electrons. The number of amides is 1. The number of carbonyl (C=O) groups excluding carboxylic acids is 1. The molecular formula is C21H21FN2O2S. The van der Waals surface area contributed by atoms with Gasteiger partial charge in [0.2, 0.25) is 0 Å². The van der Waals surface area contributed by atoms with E-state index < -0.39 is 0 Å². The normalized spacial score (nSPS) is 11.7. The van der Waals surface area contributed by atoms with E-state index in [1.54, 1.807) is 30.3 Å². The number of benzene rings is 2. The predicted octanol–water partition coefficient (Wildman–Crippen LogP) is 4.95. The molecule has 0 saturated carbocycles. The monoisotopic (exact) mass is 384 g/mol. The second kappa shape index (κ2) is 8.77. The summed E-state index contributed by atoms with van der Waals surface area (Å²) >= 11 is 1.28. The number of aromatic nitrogens is 1. The van der Waals surface area contributed by atoms with Crippen molar-refractivity contribution in [1.82, 2.24) is 4.57 Å². The lowest BCUT2D eigenvalue weighted by Gasteiger charge is -2.06. The number of hydrogen-bond acceptors (Lipinski definition) is 3. The molecular weight excluding hydrogens is 363 g/mol. The highest BCUT2D eigenvalue weighted by atomic mass is 32.1. The minimum Gasteiger partial charge on any atom is -0.494 e. The van der Waals surface area contributed by atoms with E-state index in [0.717, 1.165) is 23.1 Å². The predicted molar refractivity (Wildman–Crippen MR) is 107 cm³/mol. The zero-order valence-electron chi connectivity index (χ0n) is 15.2. The lowest BCUT2D eigenvalue weighted by atomic mass is 10.2. The van der Waals surface area contributed by atoms with Gasteiger partial charge in [0.15, 0.2) is 4.80 Å². The number of carbonyl (C=O) groups is 1. The van der Waals surface area contributed by atoms with Crippen LogP contribution in [-0.2, 0) is 6.54 Å². The quantitative estimate of drug-likeness (QED) is 0.427. The summed E-state index contributed by atoms with van der Waals surface area (Å²) in [7, 11) is 0. The summed E-state index contributed by atoms with van der Waals surface area (Å²) in [5.41, 5.74) is 1.28. The highest BCUT2D eigenvalue weighted by Gasteiger charge is 2.10. The molecule has 27 heavy (non-hydrogen) atoms. The summed E-state index contributed by atoms with van der Waals surface area (Å²) in [6.45, 7) is 6.95. The third-order valence-corrected chi connectivity index (χ3v) is 5.04. The molecule has 4 nitrogen and oxygen atoms in total. The Kier molecular flexibility index (Phi) is 6.19. The van der Waals surface area contributed by atoms with Gasteiger partial charge in [-0.2, -0.15) is 4.99 Å². The molecule has 0 bridgehead atoms.